The number of aliphatic imine (C=N–C) groups is 1. The van der Waals surface area contributed by atoms with E-state index in [1.807, 2.05) is 24.3 Å². The van der Waals surface area contributed by atoms with Gasteiger partial charge in [0, 0.05) is 17.4 Å². The largest absolute Gasteiger partial charge is 3.00 e. The quantitative estimate of drug-likeness (QED) is 0.382. The summed E-state index contributed by atoms with van der Waals surface area (Å²) in [6, 6.07) is 14.0. The Morgan fingerprint density at radius 1 is 0.912 bits per heavy atom. The van der Waals surface area contributed by atoms with Crippen molar-refractivity contribution in [1.29, 1.82) is 0 Å². The van der Waals surface area contributed by atoms with Crippen LogP contribution in [0.3, 0.4) is 0 Å². The van der Waals surface area contributed by atoms with Crippen LogP contribution in [-0.4, -0.2) is 22.0 Å². The molecule has 1 radical (unpaired) electrons. The van der Waals surface area contributed by atoms with Crippen molar-refractivity contribution >= 4 is 5.71 Å². The Balaban J connectivity index is 0.00000102. The van der Waals surface area contributed by atoms with Gasteiger partial charge in [0.25, 0.3) is 0 Å². The number of rotatable bonds is 3. The summed E-state index contributed by atoms with van der Waals surface area (Å²) in [5.41, 5.74) is 5.53. The molecule has 0 heterocycles. The molecule has 0 spiro atoms. The summed E-state index contributed by atoms with van der Waals surface area (Å²) in [6.07, 6.45) is 7.88. The Kier molecular flexibility index (Phi) is 9.65. The molecule has 2 aromatic carbocycles. The summed E-state index contributed by atoms with van der Waals surface area (Å²) in [6.45, 7) is 2.08. The maximum absolute atomic E-state index is 10.9. The number of hydrogen-bond donors (Lipinski definition) is 2. The Hall–Kier alpha value is -0.728. The fourth-order valence-electron chi connectivity index (χ4n) is 7.58. The molecule has 7 heteroatoms. The van der Waals surface area contributed by atoms with Crippen LogP contribution in [-0.2, 0) is 23.8 Å². The summed E-state index contributed by atoms with van der Waals surface area (Å²) in [5.74, 6) is 2.73. The number of benzene rings is 2. The average Bonchev–Trinajstić information content (AvgIpc) is 3.02. The fourth-order valence-corrected chi connectivity index (χ4v) is 7.58. The van der Waals surface area contributed by atoms with Crippen LogP contribution in [0.4, 0.5) is 0 Å². The van der Waals surface area contributed by atoms with E-state index in [9.17, 15) is 10.2 Å². The number of aliphatic hydroxyl groups is 1. The van der Waals surface area contributed by atoms with Gasteiger partial charge in [0.1, 0.15) is 11.8 Å². The van der Waals surface area contributed by atoms with Crippen molar-refractivity contribution in [1.82, 2.24) is 0 Å². The van der Waals surface area contributed by atoms with Gasteiger partial charge in [-0.05, 0) is 86.5 Å². The number of phenolic OH excluding ortho intramolecular Hbond substituents is 1. The summed E-state index contributed by atoms with van der Waals surface area (Å²) in [7, 11) is 0. The van der Waals surface area contributed by atoms with Gasteiger partial charge in [0.15, 0.2) is 0 Å². The van der Waals surface area contributed by atoms with Crippen LogP contribution in [0.15, 0.2) is 47.5 Å². The van der Waals surface area contributed by atoms with Crippen LogP contribution in [0.1, 0.15) is 66.8 Å². The monoisotopic (exact) mass is 558 g/mol. The van der Waals surface area contributed by atoms with E-state index in [-0.39, 0.29) is 66.0 Å². The van der Waals surface area contributed by atoms with Crippen LogP contribution in [0.5, 0.6) is 5.75 Å². The Bertz CT molecular complexity index is 1010. The first-order valence-electron chi connectivity index (χ1n) is 11.6. The SMILES string of the molecule is Cc1ccc(O)c(C(=N[C@H]2c3ccccc3CC2O)C23CC4CC(CC(C4)C2)C3)c1.[Cl-].[Cl-].[Cl-].[Cr+3]. The second-order valence-corrected chi connectivity index (χ2v) is 10.6. The number of fused-ring (bicyclic) bond motifs is 1. The molecule has 2 N–H and O–H groups in total. The third-order valence-electron chi connectivity index (χ3n) is 8.38. The van der Waals surface area contributed by atoms with Gasteiger partial charge in [-0.1, -0.05) is 35.9 Å². The summed E-state index contributed by atoms with van der Waals surface area (Å²) < 4.78 is 0. The molecule has 0 saturated heterocycles. The standard InChI is InChI=1S/C27H31NO2.3ClH.Cr/c1-16-6-7-23(29)22(8-16)26(27-13-17-9-18(14-27)11-19(10-17)15-27)28-25-21-5-3-2-4-20(21)12-24(25)30;;;;/h2-8,17-19,24-25,29-30H,9-15H2,1H3;3*1H;/q;;;;+3/p-3/t17?,18?,19?,24?,25-,27?;;;;/m0..../s1. The van der Waals surface area contributed by atoms with Gasteiger partial charge in [-0.3, -0.25) is 4.99 Å². The second-order valence-electron chi connectivity index (χ2n) is 10.6. The van der Waals surface area contributed by atoms with Crippen LogP contribution in [0.2, 0.25) is 0 Å². The molecule has 0 aliphatic heterocycles. The molecule has 5 aliphatic carbocycles. The van der Waals surface area contributed by atoms with Crippen molar-refractivity contribution < 1.29 is 64.8 Å². The number of aryl methyl sites for hydroxylation is 1. The van der Waals surface area contributed by atoms with Crippen molar-refractivity contribution in [2.75, 3.05) is 0 Å². The minimum Gasteiger partial charge on any atom is -1.00 e. The molecule has 34 heavy (non-hydrogen) atoms. The maximum atomic E-state index is 10.9. The summed E-state index contributed by atoms with van der Waals surface area (Å²) in [4.78, 5) is 5.37. The summed E-state index contributed by atoms with van der Waals surface area (Å²) >= 11 is 0. The van der Waals surface area contributed by atoms with E-state index in [4.69, 9.17) is 4.99 Å². The van der Waals surface area contributed by atoms with Crippen LogP contribution >= 0.6 is 0 Å². The smallest absolute Gasteiger partial charge is 1.00 e. The molecule has 4 bridgehead atoms. The predicted molar refractivity (Wildman–Crippen MR) is 119 cm³/mol. The molecule has 0 aromatic heterocycles. The van der Waals surface area contributed by atoms with Crippen molar-refractivity contribution in [2.45, 2.75) is 64.0 Å². The maximum Gasteiger partial charge on any atom is 3.00 e. The molecule has 1 unspecified atom stereocenters. The van der Waals surface area contributed by atoms with E-state index >= 15 is 0 Å². The molecule has 3 nitrogen and oxygen atoms in total. The number of hydrogen-bond acceptors (Lipinski definition) is 3. The normalized spacial score (nSPS) is 32.5. The minimum absolute atomic E-state index is 0. The van der Waals surface area contributed by atoms with Gasteiger partial charge >= 0.3 is 17.4 Å². The molecule has 5 aliphatic rings. The van der Waals surface area contributed by atoms with Gasteiger partial charge in [0.2, 0.25) is 0 Å². The molecule has 0 amide bonds. The zero-order chi connectivity index (χ0) is 20.5. The summed E-state index contributed by atoms with van der Waals surface area (Å²) in [5, 5.41) is 21.8. The molecular weight excluding hydrogens is 529 g/mol. The number of aromatic hydroxyl groups is 1. The first kappa shape index (κ1) is 29.5. The Morgan fingerprint density at radius 2 is 1.50 bits per heavy atom. The zero-order valence-corrected chi connectivity index (χ0v) is 22.8. The first-order chi connectivity index (χ1) is 14.5. The van der Waals surface area contributed by atoms with Crippen molar-refractivity contribution in [3.05, 3.63) is 64.7 Å². The van der Waals surface area contributed by atoms with Crippen molar-refractivity contribution in [3.8, 4) is 5.75 Å². The van der Waals surface area contributed by atoms with E-state index < -0.39 is 6.10 Å². The van der Waals surface area contributed by atoms with Crippen LogP contribution < -0.4 is 37.2 Å². The molecular formula is C27H31Cl3CrNO2. The van der Waals surface area contributed by atoms with E-state index in [2.05, 4.69) is 25.1 Å². The third kappa shape index (κ3) is 4.93. The van der Waals surface area contributed by atoms with E-state index in [1.165, 1.54) is 44.1 Å². The van der Waals surface area contributed by atoms with Gasteiger partial charge in [0.05, 0.1) is 11.8 Å². The number of nitrogens with zero attached hydrogens (tertiary/aromatic N) is 1. The Morgan fingerprint density at radius 3 is 2.12 bits per heavy atom. The van der Waals surface area contributed by atoms with Gasteiger partial charge < -0.3 is 47.4 Å². The molecule has 2 aromatic rings. The number of halogens is 3. The van der Waals surface area contributed by atoms with E-state index in [0.29, 0.717) is 12.2 Å². The van der Waals surface area contributed by atoms with Crippen LogP contribution in [0, 0.1) is 30.1 Å². The van der Waals surface area contributed by atoms with E-state index in [1.54, 1.807) is 0 Å². The second kappa shape index (κ2) is 11.1. The van der Waals surface area contributed by atoms with Crippen molar-refractivity contribution in [2.24, 2.45) is 28.2 Å². The van der Waals surface area contributed by atoms with Gasteiger partial charge in [-0.15, -0.1) is 0 Å². The third-order valence-corrected chi connectivity index (χ3v) is 8.38. The molecule has 4 saturated carbocycles. The fraction of sp³-hybridized carbons (Fsp3) is 0.519. The van der Waals surface area contributed by atoms with Gasteiger partial charge in [-0.2, -0.15) is 0 Å². The van der Waals surface area contributed by atoms with Gasteiger partial charge in [-0.25, -0.2) is 0 Å². The molecule has 4 fully saturated rings. The van der Waals surface area contributed by atoms with Crippen molar-refractivity contribution in [3.63, 3.8) is 0 Å². The topological polar surface area (TPSA) is 52.8 Å². The number of phenols is 1. The Labute approximate surface area is 232 Å². The zero-order valence-electron chi connectivity index (χ0n) is 19.3. The first-order valence-corrected chi connectivity index (χ1v) is 11.6. The molecule has 2 atom stereocenters. The van der Waals surface area contributed by atoms with Crippen LogP contribution in [0.25, 0.3) is 0 Å². The van der Waals surface area contributed by atoms with E-state index in [0.717, 1.165) is 40.2 Å². The number of aliphatic hydroxyl groups excluding tert-OH is 1. The minimum atomic E-state index is -0.488. The molecule has 183 valence electrons. The molecule has 7 rings (SSSR count). The predicted octanol–water partition coefficient (Wildman–Crippen LogP) is -3.63. The average molecular weight is 560 g/mol.